The Morgan fingerprint density at radius 3 is 2.62 bits per heavy atom. The molecule has 0 bridgehead atoms. The van der Waals surface area contributed by atoms with Gasteiger partial charge in [0.25, 0.3) is 0 Å². The van der Waals surface area contributed by atoms with E-state index in [1.165, 1.54) is 5.57 Å². The van der Waals surface area contributed by atoms with Crippen LogP contribution in [0.1, 0.15) is 40.5 Å². The average molecular weight is 227 g/mol. The highest BCUT2D eigenvalue weighted by molar-refractivity contribution is 5.13. The Bertz CT molecular complexity index is 243. The van der Waals surface area contributed by atoms with Crippen LogP contribution in [0.15, 0.2) is 11.8 Å². The minimum absolute atomic E-state index is 0.0467. The molecule has 16 heavy (non-hydrogen) atoms. The second-order valence-corrected chi connectivity index (χ2v) is 5.43. The lowest BCUT2D eigenvalue weighted by atomic mass is 9.81. The summed E-state index contributed by atoms with van der Waals surface area (Å²) in [5, 5.41) is 0. The summed E-state index contributed by atoms with van der Waals surface area (Å²) in [4.78, 5) is 0. The zero-order valence-corrected chi connectivity index (χ0v) is 11.0. The van der Waals surface area contributed by atoms with Gasteiger partial charge in [0.1, 0.15) is 0 Å². The minimum atomic E-state index is -0.0553. The van der Waals surface area contributed by atoms with Crippen LogP contribution in [-0.4, -0.2) is 25.4 Å². The molecule has 0 spiro atoms. The Morgan fingerprint density at radius 2 is 2.19 bits per heavy atom. The SMILES string of the molecule is CCOC(C(N)C1=COCCC1)C(C)(C)C. The Kier molecular flexibility index (Phi) is 4.81. The molecule has 3 heteroatoms. The van der Waals surface area contributed by atoms with Gasteiger partial charge in [-0.1, -0.05) is 20.8 Å². The predicted molar refractivity (Wildman–Crippen MR) is 66.1 cm³/mol. The minimum Gasteiger partial charge on any atom is -0.501 e. The van der Waals surface area contributed by atoms with E-state index in [1.54, 1.807) is 0 Å². The van der Waals surface area contributed by atoms with Gasteiger partial charge in [-0.25, -0.2) is 0 Å². The van der Waals surface area contributed by atoms with Crippen LogP contribution in [0.4, 0.5) is 0 Å². The molecule has 0 amide bonds. The zero-order chi connectivity index (χ0) is 12.2. The topological polar surface area (TPSA) is 44.5 Å². The van der Waals surface area contributed by atoms with Gasteiger partial charge in [0.15, 0.2) is 0 Å². The summed E-state index contributed by atoms with van der Waals surface area (Å²) >= 11 is 0. The molecule has 0 aromatic heterocycles. The molecule has 2 atom stereocenters. The maximum Gasteiger partial charge on any atom is 0.0876 e. The summed E-state index contributed by atoms with van der Waals surface area (Å²) < 4.78 is 11.1. The molecule has 1 aliphatic rings. The Labute approximate surface area is 99.0 Å². The van der Waals surface area contributed by atoms with Crippen LogP contribution in [-0.2, 0) is 9.47 Å². The van der Waals surface area contributed by atoms with E-state index < -0.39 is 0 Å². The van der Waals surface area contributed by atoms with E-state index in [0.29, 0.717) is 6.61 Å². The molecule has 2 N–H and O–H groups in total. The first-order valence-corrected chi connectivity index (χ1v) is 6.14. The molecule has 0 saturated carbocycles. The maximum absolute atomic E-state index is 6.29. The average Bonchev–Trinajstić information content (AvgIpc) is 2.25. The summed E-state index contributed by atoms with van der Waals surface area (Å²) in [6.45, 7) is 10.0. The van der Waals surface area contributed by atoms with Gasteiger partial charge in [-0.05, 0) is 30.8 Å². The van der Waals surface area contributed by atoms with E-state index in [2.05, 4.69) is 20.8 Å². The second-order valence-electron chi connectivity index (χ2n) is 5.43. The van der Waals surface area contributed by atoms with Gasteiger partial charge in [-0.2, -0.15) is 0 Å². The molecule has 1 rings (SSSR count). The molecule has 0 aliphatic carbocycles. The van der Waals surface area contributed by atoms with Crippen molar-refractivity contribution in [1.82, 2.24) is 0 Å². The molecule has 0 radical (unpaired) electrons. The summed E-state index contributed by atoms with van der Waals surface area (Å²) in [6, 6.07) is -0.0553. The van der Waals surface area contributed by atoms with Crippen molar-refractivity contribution in [2.75, 3.05) is 13.2 Å². The summed E-state index contributed by atoms with van der Waals surface area (Å²) in [7, 11) is 0. The molecule has 1 aliphatic heterocycles. The summed E-state index contributed by atoms with van der Waals surface area (Å²) in [5.74, 6) is 0. The standard InChI is InChI=1S/C13H25NO2/c1-5-16-12(13(2,3)4)11(14)10-7-6-8-15-9-10/h9,11-12H,5-8,14H2,1-4H3. The number of rotatable bonds is 4. The van der Waals surface area contributed by atoms with E-state index in [-0.39, 0.29) is 17.6 Å². The number of nitrogens with two attached hydrogens (primary N) is 1. The van der Waals surface area contributed by atoms with E-state index in [1.807, 2.05) is 13.2 Å². The predicted octanol–water partition coefficient (Wildman–Crippen LogP) is 2.46. The highest BCUT2D eigenvalue weighted by Gasteiger charge is 2.33. The van der Waals surface area contributed by atoms with Crippen molar-refractivity contribution in [3.8, 4) is 0 Å². The number of hydrogen-bond acceptors (Lipinski definition) is 3. The highest BCUT2D eigenvalue weighted by atomic mass is 16.5. The largest absolute Gasteiger partial charge is 0.501 e. The molecule has 0 aromatic rings. The van der Waals surface area contributed by atoms with E-state index >= 15 is 0 Å². The Balaban J connectivity index is 2.73. The smallest absolute Gasteiger partial charge is 0.0876 e. The van der Waals surface area contributed by atoms with Gasteiger partial charge < -0.3 is 15.2 Å². The van der Waals surface area contributed by atoms with Crippen molar-refractivity contribution in [3.63, 3.8) is 0 Å². The fraction of sp³-hybridized carbons (Fsp3) is 0.846. The third-order valence-electron chi connectivity index (χ3n) is 2.92. The quantitative estimate of drug-likeness (QED) is 0.802. The normalized spacial score (nSPS) is 20.9. The van der Waals surface area contributed by atoms with Gasteiger partial charge >= 0.3 is 0 Å². The van der Waals surface area contributed by atoms with Gasteiger partial charge in [-0.15, -0.1) is 0 Å². The van der Waals surface area contributed by atoms with Crippen LogP contribution in [0.5, 0.6) is 0 Å². The molecular weight excluding hydrogens is 202 g/mol. The van der Waals surface area contributed by atoms with Crippen molar-refractivity contribution >= 4 is 0 Å². The molecule has 0 saturated heterocycles. The molecule has 2 unspecified atom stereocenters. The Hall–Kier alpha value is -0.540. The van der Waals surface area contributed by atoms with Crippen molar-refractivity contribution in [2.24, 2.45) is 11.1 Å². The lowest BCUT2D eigenvalue weighted by Gasteiger charge is -2.36. The zero-order valence-electron chi connectivity index (χ0n) is 11.0. The lowest BCUT2D eigenvalue weighted by molar-refractivity contribution is -0.0224. The molecule has 0 aromatic carbocycles. The van der Waals surface area contributed by atoms with E-state index in [4.69, 9.17) is 15.2 Å². The van der Waals surface area contributed by atoms with E-state index in [9.17, 15) is 0 Å². The maximum atomic E-state index is 6.29. The first-order chi connectivity index (χ1) is 7.46. The molecule has 94 valence electrons. The van der Waals surface area contributed by atoms with Crippen molar-refractivity contribution < 1.29 is 9.47 Å². The van der Waals surface area contributed by atoms with Crippen molar-refractivity contribution in [1.29, 1.82) is 0 Å². The van der Waals surface area contributed by atoms with Crippen molar-refractivity contribution in [2.45, 2.75) is 52.7 Å². The van der Waals surface area contributed by atoms with Crippen LogP contribution in [0.2, 0.25) is 0 Å². The van der Waals surface area contributed by atoms with E-state index in [0.717, 1.165) is 19.4 Å². The van der Waals surface area contributed by atoms with Crippen LogP contribution in [0.3, 0.4) is 0 Å². The second kappa shape index (κ2) is 5.69. The van der Waals surface area contributed by atoms with Crippen LogP contribution in [0.25, 0.3) is 0 Å². The molecule has 1 heterocycles. The first kappa shape index (κ1) is 13.5. The highest BCUT2D eigenvalue weighted by Crippen LogP contribution is 2.29. The van der Waals surface area contributed by atoms with Crippen LogP contribution in [0, 0.1) is 5.41 Å². The van der Waals surface area contributed by atoms with Gasteiger partial charge in [0.05, 0.1) is 25.0 Å². The van der Waals surface area contributed by atoms with Gasteiger partial charge in [0.2, 0.25) is 0 Å². The van der Waals surface area contributed by atoms with Gasteiger partial charge in [0, 0.05) is 6.61 Å². The number of hydrogen-bond donors (Lipinski definition) is 1. The van der Waals surface area contributed by atoms with Crippen LogP contribution >= 0.6 is 0 Å². The third-order valence-corrected chi connectivity index (χ3v) is 2.92. The monoisotopic (exact) mass is 227 g/mol. The summed E-state index contributed by atoms with van der Waals surface area (Å²) in [6.07, 6.45) is 3.96. The fourth-order valence-corrected chi connectivity index (χ4v) is 2.10. The summed E-state index contributed by atoms with van der Waals surface area (Å²) in [5.41, 5.74) is 7.52. The molecular formula is C13H25NO2. The fourth-order valence-electron chi connectivity index (χ4n) is 2.10. The van der Waals surface area contributed by atoms with Crippen molar-refractivity contribution in [3.05, 3.63) is 11.8 Å². The number of ether oxygens (including phenoxy) is 2. The third kappa shape index (κ3) is 3.49. The lowest BCUT2D eigenvalue weighted by Crippen LogP contribution is -2.46. The van der Waals surface area contributed by atoms with Crippen LogP contribution < -0.4 is 5.73 Å². The van der Waals surface area contributed by atoms with Gasteiger partial charge in [-0.3, -0.25) is 0 Å². The molecule has 3 nitrogen and oxygen atoms in total. The Morgan fingerprint density at radius 1 is 1.50 bits per heavy atom. The first-order valence-electron chi connectivity index (χ1n) is 6.14. The molecule has 0 fully saturated rings.